The lowest BCUT2D eigenvalue weighted by Gasteiger charge is -2.13. The molecule has 0 fully saturated rings. The van der Waals surface area contributed by atoms with E-state index in [0.717, 1.165) is 22.4 Å². The Bertz CT molecular complexity index is 627. The standard InChI is InChI=1S/C19H23NO/c1-13(2)17-7-5-16(6-8-17)12-21-19-10-9-18(11-20)14(3)15(19)4/h5-11,13,20H,12H2,1-4H3. The monoisotopic (exact) mass is 281 g/mol. The van der Waals surface area contributed by atoms with Crippen LogP contribution in [0.2, 0.25) is 0 Å². The molecule has 0 spiro atoms. The molecule has 0 aliphatic rings. The number of hydrogen-bond donors (Lipinski definition) is 1. The first-order valence-corrected chi connectivity index (χ1v) is 7.35. The van der Waals surface area contributed by atoms with E-state index in [1.54, 1.807) is 0 Å². The van der Waals surface area contributed by atoms with Crippen molar-refractivity contribution in [3.8, 4) is 5.75 Å². The maximum Gasteiger partial charge on any atom is 0.123 e. The van der Waals surface area contributed by atoms with Crippen molar-refractivity contribution < 1.29 is 4.74 Å². The molecule has 0 aliphatic heterocycles. The zero-order chi connectivity index (χ0) is 15.4. The average molecular weight is 281 g/mol. The second kappa shape index (κ2) is 6.57. The first-order chi connectivity index (χ1) is 10.0. The minimum Gasteiger partial charge on any atom is -0.489 e. The molecule has 0 heterocycles. The Kier molecular flexibility index (Phi) is 4.79. The Morgan fingerprint density at radius 1 is 1.00 bits per heavy atom. The Morgan fingerprint density at radius 3 is 2.24 bits per heavy atom. The van der Waals surface area contributed by atoms with Crippen LogP contribution in [0.3, 0.4) is 0 Å². The van der Waals surface area contributed by atoms with E-state index in [-0.39, 0.29) is 0 Å². The average Bonchev–Trinajstić information content (AvgIpc) is 2.49. The highest BCUT2D eigenvalue weighted by Gasteiger charge is 2.06. The second-order valence-electron chi connectivity index (χ2n) is 5.73. The third-order valence-electron chi connectivity index (χ3n) is 3.98. The SMILES string of the molecule is Cc1c(C=N)ccc(OCc2ccc(C(C)C)cc2)c1C. The highest BCUT2D eigenvalue weighted by molar-refractivity contribution is 5.80. The van der Waals surface area contributed by atoms with Gasteiger partial charge < -0.3 is 10.1 Å². The molecule has 110 valence electrons. The Hall–Kier alpha value is -2.09. The normalized spacial score (nSPS) is 10.7. The van der Waals surface area contributed by atoms with Crippen molar-refractivity contribution in [3.63, 3.8) is 0 Å². The highest BCUT2D eigenvalue weighted by Crippen LogP contribution is 2.24. The maximum absolute atomic E-state index is 7.38. The third-order valence-corrected chi connectivity index (χ3v) is 3.98. The van der Waals surface area contributed by atoms with E-state index in [0.29, 0.717) is 12.5 Å². The van der Waals surface area contributed by atoms with Gasteiger partial charge in [0.2, 0.25) is 0 Å². The number of nitrogens with one attached hydrogen (secondary N) is 1. The van der Waals surface area contributed by atoms with Gasteiger partial charge in [-0.25, -0.2) is 0 Å². The van der Waals surface area contributed by atoms with Crippen molar-refractivity contribution in [2.75, 3.05) is 0 Å². The van der Waals surface area contributed by atoms with E-state index in [4.69, 9.17) is 10.1 Å². The third kappa shape index (κ3) is 3.52. The molecular weight excluding hydrogens is 258 g/mol. The van der Waals surface area contributed by atoms with Crippen LogP contribution < -0.4 is 4.74 Å². The second-order valence-corrected chi connectivity index (χ2v) is 5.73. The van der Waals surface area contributed by atoms with E-state index < -0.39 is 0 Å². The van der Waals surface area contributed by atoms with Gasteiger partial charge >= 0.3 is 0 Å². The van der Waals surface area contributed by atoms with Gasteiger partial charge in [0, 0.05) is 6.21 Å². The summed E-state index contributed by atoms with van der Waals surface area (Å²) >= 11 is 0. The lowest BCUT2D eigenvalue weighted by atomic mass is 10.0. The number of ether oxygens (including phenoxy) is 1. The van der Waals surface area contributed by atoms with Crippen molar-refractivity contribution in [1.82, 2.24) is 0 Å². The van der Waals surface area contributed by atoms with Gasteiger partial charge in [-0.05, 0) is 59.7 Å². The summed E-state index contributed by atoms with van der Waals surface area (Å²) < 4.78 is 5.93. The van der Waals surface area contributed by atoms with Gasteiger partial charge in [-0.1, -0.05) is 38.1 Å². The van der Waals surface area contributed by atoms with Gasteiger partial charge in [0.15, 0.2) is 0 Å². The zero-order valence-electron chi connectivity index (χ0n) is 13.2. The molecule has 1 N–H and O–H groups in total. The molecule has 0 radical (unpaired) electrons. The van der Waals surface area contributed by atoms with Gasteiger partial charge in [-0.2, -0.15) is 0 Å². The largest absolute Gasteiger partial charge is 0.489 e. The fraction of sp³-hybridized carbons (Fsp3) is 0.316. The van der Waals surface area contributed by atoms with Crippen LogP contribution in [0.1, 0.15) is 47.6 Å². The van der Waals surface area contributed by atoms with Crippen LogP contribution in [-0.2, 0) is 6.61 Å². The van der Waals surface area contributed by atoms with Crippen LogP contribution in [0.4, 0.5) is 0 Å². The fourth-order valence-corrected chi connectivity index (χ4v) is 2.29. The van der Waals surface area contributed by atoms with Crippen LogP contribution in [0, 0.1) is 19.3 Å². The molecule has 2 heteroatoms. The van der Waals surface area contributed by atoms with Crippen molar-refractivity contribution in [2.24, 2.45) is 0 Å². The van der Waals surface area contributed by atoms with Crippen LogP contribution >= 0.6 is 0 Å². The lowest BCUT2D eigenvalue weighted by Crippen LogP contribution is -2.00. The summed E-state index contributed by atoms with van der Waals surface area (Å²) in [6.07, 6.45) is 1.39. The molecule has 0 aliphatic carbocycles. The molecule has 0 atom stereocenters. The van der Waals surface area contributed by atoms with Crippen LogP contribution in [0.5, 0.6) is 5.75 Å². The molecule has 0 amide bonds. The molecule has 0 saturated heterocycles. The summed E-state index contributed by atoms with van der Waals surface area (Å²) in [5.41, 5.74) is 5.68. The maximum atomic E-state index is 7.38. The minimum atomic E-state index is 0.554. The van der Waals surface area contributed by atoms with E-state index in [1.807, 2.05) is 26.0 Å². The molecule has 2 aromatic carbocycles. The van der Waals surface area contributed by atoms with E-state index >= 15 is 0 Å². The molecule has 0 bridgehead atoms. The smallest absolute Gasteiger partial charge is 0.123 e. The first kappa shape index (κ1) is 15.3. The highest BCUT2D eigenvalue weighted by atomic mass is 16.5. The summed E-state index contributed by atoms with van der Waals surface area (Å²) in [7, 11) is 0. The fourth-order valence-electron chi connectivity index (χ4n) is 2.29. The van der Waals surface area contributed by atoms with Crippen LogP contribution in [0.15, 0.2) is 36.4 Å². The minimum absolute atomic E-state index is 0.554. The van der Waals surface area contributed by atoms with E-state index in [2.05, 4.69) is 38.1 Å². The van der Waals surface area contributed by atoms with E-state index in [1.165, 1.54) is 17.3 Å². The van der Waals surface area contributed by atoms with Crippen molar-refractivity contribution in [3.05, 3.63) is 64.2 Å². The summed E-state index contributed by atoms with van der Waals surface area (Å²) in [4.78, 5) is 0. The van der Waals surface area contributed by atoms with Crippen molar-refractivity contribution in [2.45, 2.75) is 40.2 Å². The van der Waals surface area contributed by atoms with Gasteiger partial charge in [-0.3, -0.25) is 0 Å². The molecule has 2 aromatic rings. The van der Waals surface area contributed by atoms with Crippen molar-refractivity contribution in [1.29, 1.82) is 5.41 Å². The van der Waals surface area contributed by atoms with Crippen LogP contribution in [-0.4, -0.2) is 6.21 Å². The Morgan fingerprint density at radius 2 is 1.67 bits per heavy atom. The summed E-state index contributed by atoms with van der Waals surface area (Å²) in [5, 5.41) is 7.38. The quantitative estimate of drug-likeness (QED) is 0.768. The molecule has 2 nitrogen and oxygen atoms in total. The van der Waals surface area contributed by atoms with Gasteiger partial charge in [-0.15, -0.1) is 0 Å². The molecule has 0 aromatic heterocycles. The van der Waals surface area contributed by atoms with Gasteiger partial charge in [0.25, 0.3) is 0 Å². The molecular formula is C19H23NO. The van der Waals surface area contributed by atoms with Crippen molar-refractivity contribution >= 4 is 6.21 Å². The van der Waals surface area contributed by atoms with Crippen LogP contribution in [0.25, 0.3) is 0 Å². The van der Waals surface area contributed by atoms with E-state index in [9.17, 15) is 0 Å². The number of hydrogen-bond acceptors (Lipinski definition) is 2. The predicted octanol–water partition coefficient (Wildman–Crippen LogP) is 5.00. The molecule has 0 unspecified atom stereocenters. The predicted molar refractivity (Wildman–Crippen MR) is 88.7 cm³/mol. The first-order valence-electron chi connectivity index (χ1n) is 7.35. The molecule has 2 rings (SSSR count). The van der Waals surface area contributed by atoms with Gasteiger partial charge in [0.1, 0.15) is 12.4 Å². The van der Waals surface area contributed by atoms with Gasteiger partial charge in [0.05, 0.1) is 0 Å². The zero-order valence-corrected chi connectivity index (χ0v) is 13.2. The summed E-state index contributed by atoms with van der Waals surface area (Å²) in [6, 6.07) is 12.5. The lowest BCUT2D eigenvalue weighted by molar-refractivity contribution is 0.304. The Balaban J connectivity index is 2.09. The molecule has 0 saturated carbocycles. The molecule has 21 heavy (non-hydrogen) atoms. The number of benzene rings is 2. The number of rotatable bonds is 5. The Labute approximate surface area is 127 Å². The topological polar surface area (TPSA) is 33.1 Å². The summed E-state index contributed by atoms with van der Waals surface area (Å²) in [5.74, 6) is 1.45. The summed E-state index contributed by atoms with van der Waals surface area (Å²) in [6.45, 7) is 9.03.